The molecule has 0 radical (unpaired) electrons. The van der Waals surface area contributed by atoms with Crippen molar-refractivity contribution in [3.63, 3.8) is 0 Å². The Morgan fingerprint density at radius 3 is 2.05 bits per heavy atom. The van der Waals surface area contributed by atoms with E-state index in [1.165, 1.54) is 4.90 Å². The second-order valence-corrected chi connectivity index (χ2v) is 12.6. The Morgan fingerprint density at radius 2 is 1.45 bits per heavy atom. The van der Waals surface area contributed by atoms with Crippen LogP contribution < -0.4 is 9.62 Å². The quantitative estimate of drug-likeness (QED) is 0.365. The van der Waals surface area contributed by atoms with Gasteiger partial charge >= 0.3 is 0 Å². The molecule has 0 heterocycles. The van der Waals surface area contributed by atoms with Crippen LogP contribution in [0.5, 0.6) is 0 Å². The zero-order chi connectivity index (χ0) is 28.9. The normalized spacial score (nSPS) is 14.5. The predicted octanol–water partition coefficient (Wildman–Crippen LogP) is 5.28. The summed E-state index contributed by atoms with van der Waals surface area (Å²) < 4.78 is 29.0. The molecule has 4 rings (SSSR count). The van der Waals surface area contributed by atoms with Gasteiger partial charge in [-0.1, -0.05) is 72.5 Å². The van der Waals surface area contributed by atoms with Gasteiger partial charge in [-0.2, -0.15) is 0 Å². The average Bonchev–Trinajstić information content (AvgIpc) is 3.44. The van der Waals surface area contributed by atoms with Gasteiger partial charge in [0.1, 0.15) is 12.6 Å². The predicted molar refractivity (Wildman–Crippen MR) is 158 cm³/mol. The topological polar surface area (TPSA) is 86.8 Å². The zero-order valence-corrected chi connectivity index (χ0v) is 24.6. The van der Waals surface area contributed by atoms with Crippen molar-refractivity contribution < 1.29 is 18.0 Å². The monoisotopic (exact) mass is 561 g/mol. The molecule has 3 aromatic rings. The van der Waals surface area contributed by atoms with Crippen LogP contribution in [-0.2, 0) is 26.2 Å². The van der Waals surface area contributed by atoms with Crippen LogP contribution in [0.1, 0.15) is 54.9 Å². The number of nitrogens with zero attached hydrogens (tertiary/aromatic N) is 2. The summed E-state index contributed by atoms with van der Waals surface area (Å²) in [5.41, 5.74) is 4.19. The Hall–Kier alpha value is -3.65. The minimum Gasteiger partial charge on any atom is -0.352 e. The second-order valence-electron chi connectivity index (χ2n) is 10.8. The van der Waals surface area contributed by atoms with Crippen molar-refractivity contribution in [1.82, 2.24) is 10.2 Å². The number of sulfonamides is 1. The third kappa shape index (κ3) is 6.91. The van der Waals surface area contributed by atoms with Crippen LogP contribution in [0.3, 0.4) is 0 Å². The van der Waals surface area contributed by atoms with Gasteiger partial charge < -0.3 is 10.2 Å². The van der Waals surface area contributed by atoms with Crippen molar-refractivity contribution in [3.8, 4) is 0 Å². The van der Waals surface area contributed by atoms with Gasteiger partial charge in [0.05, 0.1) is 10.6 Å². The molecule has 40 heavy (non-hydrogen) atoms. The summed E-state index contributed by atoms with van der Waals surface area (Å²) in [4.78, 5) is 29.0. The minimum absolute atomic E-state index is 0.101. The maximum absolute atomic E-state index is 14.1. The SMILES string of the molecule is Cc1ccc(N(CC(=O)N(Cc2ccccc2C)[C@H](C)C(=O)NC2CCCC2)S(=O)(=O)c2ccc(C)cc2)cc1. The fraction of sp³-hybridized carbons (Fsp3) is 0.375. The summed E-state index contributed by atoms with van der Waals surface area (Å²) in [7, 11) is -4.07. The molecule has 1 fully saturated rings. The first-order valence-corrected chi connectivity index (χ1v) is 15.3. The van der Waals surface area contributed by atoms with Crippen LogP contribution in [0.25, 0.3) is 0 Å². The molecule has 0 unspecified atom stereocenters. The number of benzene rings is 3. The van der Waals surface area contributed by atoms with E-state index in [0.717, 1.165) is 52.2 Å². The summed E-state index contributed by atoms with van der Waals surface area (Å²) in [5.74, 6) is -0.675. The van der Waals surface area contributed by atoms with E-state index >= 15 is 0 Å². The molecule has 7 nitrogen and oxygen atoms in total. The maximum Gasteiger partial charge on any atom is 0.264 e. The molecule has 0 aliphatic heterocycles. The molecule has 1 aliphatic rings. The van der Waals surface area contributed by atoms with E-state index in [1.807, 2.05) is 57.2 Å². The van der Waals surface area contributed by atoms with Crippen molar-refractivity contribution in [3.05, 3.63) is 95.1 Å². The first kappa shape index (κ1) is 29.3. The molecule has 0 aromatic heterocycles. The molecule has 212 valence electrons. The van der Waals surface area contributed by atoms with Gasteiger partial charge in [-0.15, -0.1) is 0 Å². The first-order valence-electron chi connectivity index (χ1n) is 13.9. The Bertz CT molecular complexity index is 1430. The number of amides is 2. The molecule has 1 N–H and O–H groups in total. The molecule has 0 saturated heterocycles. The lowest BCUT2D eigenvalue weighted by atomic mass is 10.1. The van der Waals surface area contributed by atoms with Crippen molar-refractivity contribution in [2.45, 2.75) is 76.9 Å². The van der Waals surface area contributed by atoms with E-state index in [1.54, 1.807) is 43.3 Å². The van der Waals surface area contributed by atoms with E-state index in [2.05, 4.69) is 5.32 Å². The lowest BCUT2D eigenvalue weighted by Gasteiger charge is -2.33. The van der Waals surface area contributed by atoms with E-state index in [4.69, 9.17) is 0 Å². The fourth-order valence-corrected chi connectivity index (χ4v) is 6.44. The highest BCUT2D eigenvalue weighted by Crippen LogP contribution is 2.26. The smallest absolute Gasteiger partial charge is 0.264 e. The van der Waals surface area contributed by atoms with Crippen LogP contribution in [0, 0.1) is 20.8 Å². The van der Waals surface area contributed by atoms with Crippen molar-refractivity contribution in [1.29, 1.82) is 0 Å². The molecule has 1 saturated carbocycles. The molecule has 0 spiro atoms. The summed E-state index contributed by atoms with van der Waals surface area (Å²) in [6.07, 6.45) is 4.02. The molecule has 1 atom stereocenters. The number of hydrogen-bond acceptors (Lipinski definition) is 4. The lowest BCUT2D eigenvalue weighted by molar-refractivity contribution is -0.139. The summed E-state index contributed by atoms with van der Waals surface area (Å²) in [6.45, 7) is 7.23. The number of aryl methyl sites for hydroxylation is 3. The minimum atomic E-state index is -4.07. The number of anilines is 1. The third-order valence-corrected chi connectivity index (χ3v) is 9.47. The number of carbonyl (C=O) groups is 2. The van der Waals surface area contributed by atoms with Crippen LogP contribution in [0.2, 0.25) is 0 Å². The largest absolute Gasteiger partial charge is 0.352 e. The molecule has 0 bridgehead atoms. The number of nitrogens with one attached hydrogen (secondary N) is 1. The van der Waals surface area contributed by atoms with E-state index in [0.29, 0.717) is 5.69 Å². The number of rotatable bonds is 10. The number of carbonyl (C=O) groups excluding carboxylic acids is 2. The van der Waals surface area contributed by atoms with Gasteiger partial charge in [0, 0.05) is 12.6 Å². The highest BCUT2D eigenvalue weighted by molar-refractivity contribution is 7.92. The number of hydrogen-bond donors (Lipinski definition) is 1. The van der Waals surface area contributed by atoms with E-state index < -0.39 is 28.5 Å². The zero-order valence-electron chi connectivity index (χ0n) is 23.8. The van der Waals surface area contributed by atoms with Crippen molar-refractivity contribution in [2.24, 2.45) is 0 Å². The highest BCUT2D eigenvalue weighted by atomic mass is 32.2. The van der Waals surface area contributed by atoms with Gasteiger partial charge in [0.15, 0.2) is 0 Å². The Balaban J connectivity index is 1.69. The van der Waals surface area contributed by atoms with Crippen molar-refractivity contribution in [2.75, 3.05) is 10.8 Å². The fourth-order valence-electron chi connectivity index (χ4n) is 5.02. The van der Waals surface area contributed by atoms with Crippen LogP contribution >= 0.6 is 0 Å². The molecule has 1 aliphatic carbocycles. The third-order valence-electron chi connectivity index (χ3n) is 7.68. The molecular formula is C32H39N3O4S. The Kier molecular flexibility index (Phi) is 9.30. The molecular weight excluding hydrogens is 522 g/mol. The highest BCUT2D eigenvalue weighted by Gasteiger charge is 2.33. The summed E-state index contributed by atoms with van der Waals surface area (Å²) in [6, 6.07) is 20.7. The van der Waals surface area contributed by atoms with Gasteiger partial charge in [-0.25, -0.2) is 8.42 Å². The van der Waals surface area contributed by atoms with Crippen LogP contribution in [-0.4, -0.2) is 43.8 Å². The Morgan fingerprint density at radius 1 is 0.875 bits per heavy atom. The van der Waals surface area contributed by atoms with Crippen LogP contribution in [0.15, 0.2) is 77.7 Å². The van der Waals surface area contributed by atoms with E-state index in [-0.39, 0.29) is 23.4 Å². The van der Waals surface area contributed by atoms with Gasteiger partial charge in [-0.05, 0) is 75.9 Å². The van der Waals surface area contributed by atoms with Gasteiger partial charge in [0.25, 0.3) is 10.0 Å². The molecule has 3 aromatic carbocycles. The molecule has 8 heteroatoms. The lowest BCUT2D eigenvalue weighted by Crippen LogP contribution is -2.52. The van der Waals surface area contributed by atoms with E-state index in [9.17, 15) is 18.0 Å². The summed E-state index contributed by atoms with van der Waals surface area (Å²) in [5, 5.41) is 3.10. The maximum atomic E-state index is 14.1. The van der Waals surface area contributed by atoms with Crippen LogP contribution in [0.4, 0.5) is 5.69 Å². The second kappa shape index (κ2) is 12.7. The molecule has 2 amide bonds. The van der Waals surface area contributed by atoms with Gasteiger partial charge in [-0.3, -0.25) is 13.9 Å². The average molecular weight is 562 g/mol. The first-order chi connectivity index (χ1) is 19.1. The van der Waals surface area contributed by atoms with Crippen molar-refractivity contribution >= 4 is 27.5 Å². The Labute approximate surface area is 238 Å². The summed E-state index contributed by atoms with van der Waals surface area (Å²) >= 11 is 0. The van der Waals surface area contributed by atoms with Gasteiger partial charge in [0.2, 0.25) is 11.8 Å². The standard InChI is InChI=1S/C32H39N3O4S/c1-23-13-17-29(18-14-23)35(40(38,39)30-19-15-24(2)16-20-30)22-31(36)34(21-27-10-6-5-9-25(27)3)26(4)32(37)33-28-11-7-8-12-28/h5-6,9-10,13-20,26,28H,7-8,11-12,21-22H2,1-4H3,(H,33,37)/t26-/m1/s1.